The van der Waals surface area contributed by atoms with Gasteiger partial charge in [0.25, 0.3) is 0 Å². The van der Waals surface area contributed by atoms with Gasteiger partial charge >= 0.3 is 0 Å². The molecule has 2 rings (SSSR count). The van der Waals surface area contributed by atoms with Crippen molar-refractivity contribution in [3.05, 3.63) is 34.1 Å². The van der Waals surface area contributed by atoms with Gasteiger partial charge in [-0.3, -0.25) is 9.69 Å². The predicted molar refractivity (Wildman–Crippen MR) is 77.6 cm³/mol. The molecule has 0 saturated carbocycles. The number of hydrogen-bond donors (Lipinski definition) is 2. The van der Waals surface area contributed by atoms with E-state index in [1.807, 2.05) is 0 Å². The molecular weight excluding hydrogens is 327 g/mol. The highest BCUT2D eigenvalue weighted by atomic mass is 79.9. The van der Waals surface area contributed by atoms with Gasteiger partial charge in [-0.2, -0.15) is 0 Å². The molecule has 2 N–H and O–H groups in total. The molecule has 0 aliphatic carbocycles. The number of benzene rings is 1. The Bertz CT molecular complexity index is 498. The van der Waals surface area contributed by atoms with E-state index in [0.29, 0.717) is 17.6 Å². The van der Waals surface area contributed by atoms with Crippen LogP contribution in [-0.2, 0) is 11.3 Å². The monoisotopic (exact) mass is 344 g/mol. The highest BCUT2D eigenvalue weighted by Gasteiger charge is 2.32. The number of hydrogen-bond acceptors (Lipinski definition) is 3. The minimum atomic E-state index is -0.278. The third-order valence-electron chi connectivity index (χ3n) is 3.53. The normalized spacial score (nSPS) is 23.0. The van der Waals surface area contributed by atoms with E-state index >= 15 is 0 Å². The molecule has 1 fully saturated rings. The zero-order valence-corrected chi connectivity index (χ0v) is 12.9. The SMILES string of the molecule is CC(=O)N[C@@H]1CN(Cc2ccc(F)c(Br)c2)C[C@H]1CO. The lowest BCUT2D eigenvalue weighted by Crippen LogP contribution is -2.40. The van der Waals surface area contributed by atoms with E-state index < -0.39 is 0 Å². The van der Waals surface area contributed by atoms with Crippen LogP contribution in [0.5, 0.6) is 0 Å². The van der Waals surface area contributed by atoms with Gasteiger partial charge in [0.15, 0.2) is 0 Å². The van der Waals surface area contributed by atoms with Crippen LogP contribution in [0.25, 0.3) is 0 Å². The van der Waals surface area contributed by atoms with Crippen LogP contribution in [0.15, 0.2) is 22.7 Å². The molecule has 1 heterocycles. The smallest absolute Gasteiger partial charge is 0.217 e. The Hall–Kier alpha value is -0.980. The van der Waals surface area contributed by atoms with E-state index in [-0.39, 0.29) is 30.3 Å². The van der Waals surface area contributed by atoms with Gasteiger partial charge in [-0.25, -0.2) is 4.39 Å². The van der Waals surface area contributed by atoms with Crippen molar-refractivity contribution >= 4 is 21.8 Å². The van der Waals surface area contributed by atoms with Crippen molar-refractivity contribution in [3.8, 4) is 0 Å². The van der Waals surface area contributed by atoms with Crippen LogP contribution in [0.3, 0.4) is 0 Å². The summed E-state index contributed by atoms with van der Waals surface area (Å²) in [6.45, 7) is 3.62. The summed E-state index contributed by atoms with van der Waals surface area (Å²) in [6.07, 6.45) is 0. The quantitative estimate of drug-likeness (QED) is 0.870. The van der Waals surface area contributed by atoms with Crippen LogP contribution in [0.2, 0.25) is 0 Å². The molecule has 1 aliphatic heterocycles. The molecule has 0 aromatic heterocycles. The molecule has 6 heteroatoms. The fraction of sp³-hybridized carbons (Fsp3) is 0.500. The largest absolute Gasteiger partial charge is 0.396 e. The zero-order chi connectivity index (χ0) is 14.7. The van der Waals surface area contributed by atoms with Gasteiger partial charge in [-0.1, -0.05) is 6.07 Å². The Morgan fingerprint density at radius 3 is 2.90 bits per heavy atom. The van der Waals surface area contributed by atoms with Crippen LogP contribution in [0.1, 0.15) is 12.5 Å². The van der Waals surface area contributed by atoms with Crippen molar-refractivity contribution in [2.45, 2.75) is 19.5 Å². The molecule has 1 aliphatic rings. The topological polar surface area (TPSA) is 52.6 Å². The third kappa shape index (κ3) is 3.77. The van der Waals surface area contributed by atoms with E-state index in [2.05, 4.69) is 26.1 Å². The van der Waals surface area contributed by atoms with Crippen LogP contribution < -0.4 is 5.32 Å². The Balaban J connectivity index is 2.00. The number of carbonyl (C=O) groups excluding carboxylic acids is 1. The molecule has 2 atom stereocenters. The lowest BCUT2D eigenvalue weighted by Gasteiger charge is -2.17. The number of halogens is 2. The number of amides is 1. The maximum absolute atomic E-state index is 13.2. The van der Waals surface area contributed by atoms with Crippen molar-refractivity contribution in [2.24, 2.45) is 5.92 Å². The van der Waals surface area contributed by atoms with Crippen LogP contribution in [0.4, 0.5) is 4.39 Å². The zero-order valence-electron chi connectivity index (χ0n) is 11.3. The van der Waals surface area contributed by atoms with Crippen molar-refractivity contribution in [3.63, 3.8) is 0 Å². The molecule has 1 aromatic carbocycles. The second kappa shape index (κ2) is 6.65. The first-order chi connectivity index (χ1) is 9.49. The molecule has 110 valence electrons. The van der Waals surface area contributed by atoms with Crippen LogP contribution in [0, 0.1) is 11.7 Å². The van der Waals surface area contributed by atoms with Gasteiger partial charge in [-0.05, 0) is 33.6 Å². The first-order valence-corrected chi connectivity index (χ1v) is 7.33. The van der Waals surface area contributed by atoms with Crippen molar-refractivity contribution in [2.75, 3.05) is 19.7 Å². The Morgan fingerprint density at radius 1 is 1.55 bits per heavy atom. The van der Waals surface area contributed by atoms with Crippen LogP contribution >= 0.6 is 15.9 Å². The van der Waals surface area contributed by atoms with E-state index in [0.717, 1.165) is 12.1 Å². The summed E-state index contributed by atoms with van der Waals surface area (Å²) in [5, 5.41) is 12.2. The second-order valence-corrected chi connectivity index (χ2v) is 6.05. The molecule has 0 spiro atoms. The predicted octanol–water partition coefficient (Wildman–Crippen LogP) is 1.52. The van der Waals surface area contributed by atoms with Crippen LogP contribution in [-0.4, -0.2) is 41.7 Å². The third-order valence-corrected chi connectivity index (χ3v) is 4.14. The van der Waals surface area contributed by atoms with Gasteiger partial charge in [-0.15, -0.1) is 0 Å². The molecule has 1 amide bonds. The molecule has 4 nitrogen and oxygen atoms in total. The van der Waals surface area contributed by atoms with Crippen molar-refractivity contribution < 1.29 is 14.3 Å². The van der Waals surface area contributed by atoms with Gasteiger partial charge in [0.2, 0.25) is 5.91 Å². The summed E-state index contributed by atoms with van der Waals surface area (Å²) in [5.74, 6) is -0.317. The Morgan fingerprint density at radius 2 is 2.30 bits per heavy atom. The summed E-state index contributed by atoms with van der Waals surface area (Å²) in [6, 6.07) is 4.92. The molecular formula is C14H18BrFN2O2. The van der Waals surface area contributed by atoms with Gasteiger partial charge < -0.3 is 10.4 Å². The van der Waals surface area contributed by atoms with E-state index in [1.54, 1.807) is 12.1 Å². The number of aliphatic hydroxyl groups excluding tert-OH is 1. The maximum atomic E-state index is 13.2. The molecule has 0 bridgehead atoms. The molecule has 20 heavy (non-hydrogen) atoms. The molecule has 0 radical (unpaired) electrons. The summed E-state index contributed by atoms with van der Waals surface area (Å²) < 4.78 is 13.6. The summed E-state index contributed by atoms with van der Waals surface area (Å²) >= 11 is 3.18. The highest BCUT2D eigenvalue weighted by Crippen LogP contribution is 2.22. The lowest BCUT2D eigenvalue weighted by molar-refractivity contribution is -0.119. The van der Waals surface area contributed by atoms with Crippen molar-refractivity contribution in [1.82, 2.24) is 10.2 Å². The number of aliphatic hydroxyl groups is 1. The fourth-order valence-electron chi connectivity index (χ4n) is 2.60. The first-order valence-electron chi connectivity index (χ1n) is 6.54. The minimum absolute atomic E-state index is 0.0265. The van der Waals surface area contributed by atoms with Gasteiger partial charge in [0.1, 0.15) is 5.82 Å². The number of rotatable bonds is 4. The van der Waals surface area contributed by atoms with E-state index in [1.165, 1.54) is 13.0 Å². The highest BCUT2D eigenvalue weighted by molar-refractivity contribution is 9.10. The fourth-order valence-corrected chi connectivity index (χ4v) is 3.02. The average Bonchev–Trinajstić information content (AvgIpc) is 2.75. The number of carbonyl (C=O) groups is 1. The molecule has 1 aromatic rings. The Labute approximate surface area is 126 Å². The molecule has 0 unspecified atom stereocenters. The minimum Gasteiger partial charge on any atom is -0.396 e. The van der Waals surface area contributed by atoms with E-state index in [4.69, 9.17) is 0 Å². The summed E-state index contributed by atoms with van der Waals surface area (Å²) in [4.78, 5) is 13.3. The summed E-state index contributed by atoms with van der Waals surface area (Å²) in [5.41, 5.74) is 0.999. The Kier molecular flexibility index (Phi) is 5.12. The molecule has 1 saturated heterocycles. The average molecular weight is 345 g/mol. The van der Waals surface area contributed by atoms with Gasteiger partial charge in [0.05, 0.1) is 4.47 Å². The summed E-state index contributed by atoms with van der Waals surface area (Å²) in [7, 11) is 0. The first kappa shape index (κ1) is 15.4. The number of nitrogens with zero attached hydrogens (tertiary/aromatic N) is 1. The lowest BCUT2D eigenvalue weighted by atomic mass is 10.1. The van der Waals surface area contributed by atoms with Crippen molar-refractivity contribution in [1.29, 1.82) is 0 Å². The van der Waals surface area contributed by atoms with Gasteiger partial charge in [0, 0.05) is 45.1 Å². The number of nitrogens with one attached hydrogen (secondary N) is 1. The van der Waals surface area contributed by atoms with E-state index in [9.17, 15) is 14.3 Å². The standard InChI is InChI=1S/C14H18BrFN2O2/c1-9(20)17-14-7-18(6-11(14)8-19)5-10-2-3-13(16)12(15)4-10/h2-4,11,14,19H,5-8H2,1H3,(H,17,20)/t11-,14+/m0/s1. The second-order valence-electron chi connectivity index (χ2n) is 5.19. The maximum Gasteiger partial charge on any atom is 0.217 e. The number of likely N-dealkylation sites (tertiary alicyclic amines) is 1.